The highest BCUT2D eigenvalue weighted by atomic mass is 16.5. The molecular formula is C21H21N3O5. The summed E-state index contributed by atoms with van der Waals surface area (Å²) in [5.41, 5.74) is 1.57. The van der Waals surface area contributed by atoms with Gasteiger partial charge in [0.05, 0.1) is 20.3 Å². The number of hydrogen-bond donors (Lipinski definition) is 2. The Bertz CT molecular complexity index is 988. The summed E-state index contributed by atoms with van der Waals surface area (Å²) >= 11 is 0. The summed E-state index contributed by atoms with van der Waals surface area (Å²) in [6.45, 7) is 0.808. The summed E-state index contributed by atoms with van der Waals surface area (Å²) in [6.07, 6.45) is 0. The van der Waals surface area contributed by atoms with Gasteiger partial charge in [0, 0.05) is 19.2 Å². The Hall–Kier alpha value is -3.39. The highest BCUT2D eigenvalue weighted by molar-refractivity contribution is 6.08. The van der Waals surface area contributed by atoms with E-state index >= 15 is 0 Å². The van der Waals surface area contributed by atoms with Crippen molar-refractivity contribution in [2.75, 3.05) is 20.8 Å². The number of nitrogens with zero attached hydrogens (tertiary/aromatic N) is 1. The zero-order chi connectivity index (χ0) is 20.6. The first-order valence-corrected chi connectivity index (χ1v) is 9.15. The SMILES string of the molecule is COCc1ccc(C2(CN3Cc4ccc(OC)cc4C3=O)NC(=O)NC2=O)cc1. The van der Waals surface area contributed by atoms with Crippen LogP contribution in [0.1, 0.15) is 27.0 Å². The smallest absolute Gasteiger partial charge is 0.322 e. The number of ether oxygens (including phenoxy) is 2. The minimum atomic E-state index is -1.36. The first-order chi connectivity index (χ1) is 14.0. The van der Waals surface area contributed by atoms with Crippen LogP contribution in [0, 0.1) is 0 Å². The molecule has 2 aromatic rings. The van der Waals surface area contributed by atoms with Crippen LogP contribution >= 0.6 is 0 Å². The van der Waals surface area contributed by atoms with Gasteiger partial charge in [-0.3, -0.25) is 14.9 Å². The third-order valence-corrected chi connectivity index (χ3v) is 5.32. The number of nitrogens with one attached hydrogen (secondary N) is 2. The molecule has 4 rings (SSSR count). The van der Waals surface area contributed by atoms with E-state index in [4.69, 9.17) is 9.47 Å². The Balaban J connectivity index is 1.66. The van der Waals surface area contributed by atoms with E-state index in [1.165, 1.54) is 0 Å². The molecule has 29 heavy (non-hydrogen) atoms. The number of amides is 4. The highest BCUT2D eigenvalue weighted by Gasteiger charge is 2.50. The molecule has 150 valence electrons. The maximum atomic E-state index is 13.0. The lowest BCUT2D eigenvalue weighted by molar-refractivity contribution is -0.124. The van der Waals surface area contributed by atoms with E-state index in [1.54, 1.807) is 43.4 Å². The zero-order valence-electron chi connectivity index (χ0n) is 16.2. The average Bonchev–Trinajstić information content (AvgIpc) is 3.18. The lowest BCUT2D eigenvalue weighted by Gasteiger charge is -2.31. The van der Waals surface area contributed by atoms with Gasteiger partial charge >= 0.3 is 6.03 Å². The molecule has 8 heteroatoms. The predicted molar refractivity (Wildman–Crippen MR) is 103 cm³/mol. The van der Waals surface area contributed by atoms with E-state index in [0.29, 0.717) is 30.0 Å². The number of urea groups is 1. The van der Waals surface area contributed by atoms with Gasteiger partial charge in [0.2, 0.25) is 0 Å². The van der Waals surface area contributed by atoms with Crippen molar-refractivity contribution in [1.82, 2.24) is 15.5 Å². The summed E-state index contributed by atoms with van der Waals surface area (Å²) in [5, 5.41) is 5.03. The van der Waals surface area contributed by atoms with Crippen molar-refractivity contribution in [2.24, 2.45) is 0 Å². The second-order valence-electron chi connectivity index (χ2n) is 7.13. The molecule has 2 aliphatic rings. The van der Waals surface area contributed by atoms with Crippen molar-refractivity contribution in [3.8, 4) is 5.75 Å². The Morgan fingerprint density at radius 1 is 1.07 bits per heavy atom. The zero-order valence-corrected chi connectivity index (χ0v) is 16.2. The monoisotopic (exact) mass is 395 g/mol. The van der Waals surface area contributed by atoms with Crippen LogP contribution in [-0.4, -0.2) is 43.5 Å². The molecule has 1 unspecified atom stereocenters. The maximum absolute atomic E-state index is 13.0. The van der Waals surface area contributed by atoms with Gasteiger partial charge in [-0.05, 0) is 28.8 Å². The summed E-state index contributed by atoms with van der Waals surface area (Å²) < 4.78 is 10.3. The first kappa shape index (κ1) is 18.9. The fourth-order valence-corrected chi connectivity index (χ4v) is 3.83. The van der Waals surface area contributed by atoms with Crippen molar-refractivity contribution in [1.29, 1.82) is 0 Å². The number of imide groups is 1. The first-order valence-electron chi connectivity index (χ1n) is 9.15. The van der Waals surface area contributed by atoms with Gasteiger partial charge in [0.1, 0.15) is 5.75 Å². The standard InChI is InChI=1S/C21H21N3O5/c1-28-11-13-3-6-15(7-4-13)21(19(26)22-20(27)23-21)12-24-10-14-5-8-16(29-2)9-17(14)18(24)25/h3-9H,10-12H2,1-2H3,(H2,22,23,26,27). The molecule has 0 saturated carbocycles. The fourth-order valence-electron chi connectivity index (χ4n) is 3.83. The number of benzene rings is 2. The van der Waals surface area contributed by atoms with Crippen molar-refractivity contribution in [3.63, 3.8) is 0 Å². The molecule has 4 amide bonds. The number of fused-ring (bicyclic) bond motifs is 1. The second-order valence-corrected chi connectivity index (χ2v) is 7.13. The van der Waals surface area contributed by atoms with Crippen LogP contribution in [0.3, 0.4) is 0 Å². The molecule has 2 aliphatic heterocycles. The number of carbonyl (C=O) groups is 3. The van der Waals surface area contributed by atoms with Gasteiger partial charge in [-0.25, -0.2) is 4.79 Å². The third-order valence-electron chi connectivity index (χ3n) is 5.32. The van der Waals surface area contributed by atoms with E-state index in [1.807, 2.05) is 18.2 Å². The molecule has 1 fully saturated rings. The van der Waals surface area contributed by atoms with Crippen LogP contribution in [0.25, 0.3) is 0 Å². The number of methoxy groups -OCH3 is 2. The van der Waals surface area contributed by atoms with Crippen molar-refractivity contribution >= 4 is 17.8 Å². The van der Waals surface area contributed by atoms with Crippen molar-refractivity contribution < 1.29 is 23.9 Å². The highest BCUT2D eigenvalue weighted by Crippen LogP contribution is 2.32. The quantitative estimate of drug-likeness (QED) is 0.723. The van der Waals surface area contributed by atoms with Crippen LogP contribution in [-0.2, 0) is 28.2 Å². The van der Waals surface area contributed by atoms with Gasteiger partial charge in [-0.2, -0.15) is 0 Å². The lowest BCUT2D eigenvalue weighted by Crippen LogP contribution is -2.52. The Morgan fingerprint density at radius 2 is 1.83 bits per heavy atom. The lowest BCUT2D eigenvalue weighted by atomic mass is 9.88. The minimum absolute atomic E-state index is 0.0179. The summed E-state index contributed by atoms with van der Waals surface area (Å²) in [4.78, 5) is 39.3. The van der Waals surface area contributed by atoms with E-state index < -0.39 is 17.5 Å². The molecule has 0 aromatic heterocycles. The molecule has 2 heterocycles. The van der Waals surface area contributed by atoms with Gasteiger partial charge in [-0.1, -0.05) is 30.3 Å². The van der Waals surface area contributed by atoms with Crippen LogP contribution in [0.4, 0.5) is 4.79 Å². The Kier molecular flexibility index (Phi) is 4.71. The summed E-state index contributed by atoms with van der Waals surface area (Å²) in [5.74, 6) is -0.0964. The Labute approximate surface area is 167 Å². The maximum Gasteiger partial charge on any atom is 0.322 e. The molecule has 1 saturated heterocycles. The summed E-state index contributed by atoms with van der Waals surface area (Å²) in [6, 6.07) is 12.0. The molecule has 0 radical (unpaired) electrons. The Morgan fingerprint density at radius 3 is 2.45 bits per heavy atom. The van der Waals surface area contributed by atoms with Gasteiger partial charge < -0.3 is 19.7 Å². The molecule has 0 bridgehead atoms. The molecule has 0 spiro atoms. The molecule has 0 aliphatic carbocycles. The van der Waals surface area contributed by atoms with E-state index in [2.05, 4.69) is 10.6 Å². The molecule has 1 atom stereocenters. The molecule has 2 N–H and O–H groups in total. The second kappa shape index (κ2) is 7.21. The van der Waals surface area contributed by atoms with Crippen LogP contribution < -0.4 is 15.4 Å². The molecular weight excluding hydrogens is 374 g/mol. The van der Waals surface area contributed by atoms with Gasteiger partial charge in [-0.15, -0.1) is 0 Å². The number of hydrogen-bond acceptors (Lipinski definition) is 5. The van der Waals surface area contributed by atoms with Crippen molar-refractivity contribution in [2.45, 2.75) is 18.7 Å². The normalized spacial score (nSPS) is 20.5. The molecule has 8 nitrogen and oxygen atoms in total. The van der Waals surface area contributed by atoms with Crippen molar-refractivity contribution in [3.05, 3.63) is 64.7 Å². The fraction of sp³-hybridized carbons (Fsp3) is 0.286. The van der Waals surface area contributed by atoms with Crippen LogP contribution in [0.2, 0.25) is 0 Å². The predicted octanol–water partition coefficient (Wildman–Crippen LogP) is 1.53. The van der Waals surface area contributed by atoms with E-state index in [-0.39, 0.29) is 12.5 Å². The number of carbonyl (C=O) groups excluding carboxylic acids is 3. The van der Waals surface area contributed by atoms with E-state index in [9.17, 15) is 14.4 Å². The molecule has 2 aromatic carbocycles. The number of rotatable bonds is 6. The largest absolute Gasteiger partial charge is 0.497 e. The van der Waals surface area contributed by atoms with Crippen LogP contribution in [0.5, 0.6) is 5.75 Å². The average molecular weight is 395 g/mol. The van der Waals surface area contributed by atoms with Gasteiger partial charge in [0.15, 0.2) is 5.54 Å². The van der Waals surface area contributed by atoms with Crippen LogP contribution in [0.15, 0.2) is 42.5 Å². The summed E-state index contributed by atoms with van der Waals surface area (Å²) in [7, 11) is 3.14. The van der Waals surface area contributed by atoms with Gasteiger partial charge in [0.25, 0.3) is 11.8 Å². The third kappa shape index (κ3) is 3.21. The van der Waals surface area contributed by atoms with E-state index in [0.717, 1.165) is 11.1 Å². The topological polar surface area (TPSA) is 97.0 Å². The minimum Gasteiger partial charge on any atom is -0.497 e.